The normalized spacial score (nSPS) is 18.1. The van der Waals surface area contributed by atoms with Crippen molar-refractivity contribution < 1.29 is 0 Å². The van der Waals surface area contributed by atoms with Gasteiger partial charge in [0.05, 0.1) is 5.52 Å². The van der Waals surface area contributed by atoms with E-state index in [1.54, 1.807) is 7.05 Å². The van der Waals surface area contributed by atoms with Gasteiger partial charge in [-0.2, -0.15) is 5.26 Å². The van der Waals surface area contributed by atoms with E-state index in [1.807, 2.05) is 11.5 Å². The van der Waals surface area contributed by atoms with E-state index < -0.39 is 5.69 Å². The summed E-state index contributed by atoms with van der Waals surface area (Å²) in [7, 11) is 3.05. The van der Waals surface area contributed by atoms with Gasteiger partial charge in [0.2, 0.25) is 0 Å². The fraction of sp³-hybridized carbons (Fsp3) is 0.562. The highest BCUT2D eigenvalue weighted by Crippen LogP contribution is 2.31. The molecule has 0 aromatic carbocycles. The summed E-state index contributed by atoms with van der Waals surface area (Å²) in [5.41, 5.74) is 6.46. The Labute approximate surface area is 139 Å². The molecule has 1 fully saturated rings. The molecule has 0 radical (unpaired) electrons. The molecule has 2 N–H and O–H groups in total. The molecule has 0 unspecified atom stereocenters. The molecule has 1 saturated heterocycles. The van der Waals surface area contributed by atoms with Crippen LogP contribution in [0.15, 0.2) is 9.59 Å². The number of aryl methyl sites for hydroxylation is 2. The van der Waals surface area contributed by atoms with Crippen LogP contribution in [0.5, 0.6) is 0 Å². The van der Waals surface area contributed by atoms with E-state index >= 15 is 0 Å². The summed E-state index contributed by atoms with van der Waals surface area (Å²) >= 11 is 0. The highest BCUT2D eigenvalue weighted by atomic mass is 16.2. The molecule has 3 rings (SSSR count). The first-order valence-electron chi connectivity index (χ1n) is 8.15. The first kappa shape index (κ1) is 16.3. The van der Waals surface area contributed by atoms with Crippen molar-refractivity contribution in [2.45, 2.75) is 32.4 Å². The van der Waals surface area contributed by atoms with Gasteiger partial charge in [-0.3, -0.25) is 13.9 Å². The van der Waals surface area contributed by atoms with E-state index in [4.69, 9.17) is 5.73 Å². The maximum absolute atomic E-state index is 12.7. The summed E-state index contributed by atoms with van der Waals surface area (Å²) in [5, 5.41) is 9.75. The minimum absolute atomic E-state index is 0.0419. The van der Waals surface area contributed by atoms with Crippen LogP contribution in [0.2, 0.25) is 0 Å². The summed E-state index contributed by atoms with van der Waals surface area (Å²) in [6.07, 6.45) is 1.89. The summed E-state index contributed by atoms with van der Waals surface area (Å²) in [6, 6.07) is 2.25. The lowest BCUT2D eigenvalue weighted by Gasteiger charge is -2.33. The quantitative estimate of drug-likeness (QED) is 0.825. The van der Waals surface area contributed by atoms with Crippen molar-refractivity contribution in [3.8, 4) is 6.07 Å². The standard InChI is InChI=1S/C16H22N6O2/c1-4-22-13-12(19(2)16(24)20(3)15(13)23)11(8-17)14(22)21-7-5-6-10(18)9-21/h10H,4-7,9,18H2,1-3H3/t10-/m0/s1. The molecule has 1 aliphatic rings. The van der Waals surface area contributed by atoms with Gasteiger partial charge in [-0.05, 0) is 19.8 Å². The lowest BCUT2D eigenvalue weighted by atomic mass is 10.1. The van der Waals surface area contributed by atoms with E-state index in [2.05, 4.69) is 11.0 Å². The molecule has 1 aliphatic heterocycles. The molecule has 2 aromatic rings. The van der Waals surface area contributed by atoms with E-state index in [0.717, 1.165) is 24.0 Å². The van der Waals surface area contributed by atoms with E-state index in [0.29, 0.717) is 35.5 Å². The molecule has 8 heteroatoms. The molecule has 8 nitrogen and oxygen atoms in total. The highest BCUT2D eigenvalue weighted by molar-refractivity contribution is 5.89. The summed E-state index contributed by atoms with van der Waals surface area (Å²) in [4.78, 5) is 27.0. The van der Waals surface area contributed by atoms with Gasteiger partial charge >= 0.3 is 5.69 Å². The van der Waals surface area contributed by atoms with Gasteiger partial charge in [0.1, 0.15) is 23.0 Å². The zero-order valence-corrected chi connectivity index (χ0v) is 14.2. The highest BCUT2D eigenvalue weighted by Gasteiger charge is 2.28. The third-order valence-corrected chi connectivity index (χ3v) is 4.81. The van der Waals surface area contributed by atoms with Gasteiger partial charge in [0.25, 0.3) is 5.56 Å². The van der Waals surface area contributed by atoms with Gasteiger partial charge in [-0.15, -0.1) is 0 Å². The van der Waals surface area contributed by atoms with Crippen LogP contribution in [0.4, 0.5) is 5.82 Å². The van der Waals surface area contributed by atoms with Crippen LogP contribution >= 0.6 is 0 Å². The topological polar surface area (TPSA) is 102 Å². The number of hydrogen-bond donors (Lipinski definition) is 1. The Morgan fingerprint density at radius 2 is 1.96 bits per heavy atom. The minimum Gasteiger partial charge on any atom is -0.355 e. The molecule has 1 atom stereocenters. The van der Waals surface area contributed by atoms with Crippen molar-refractivity contribution in [3.63, 3.8) is 0 Å². The van der Waals surface area contributed by atoms with Crippen molar-refractivity contribution in [2.24, 2.45) is 19.8 Å². The number of nitrogens with zero attached hydrogens (tertiary/aromatic N) is 5. The van der Waals surface area contributed by atoms with Crippen molar-refractivity contribution in [2.75, 3.05) is 18.0 Å². The molecule has 2 aromatic heterocycles. The minimum atomic E-state index is -0.431. The molecule has 128 valence electrons. The second-order valence-corrected chi connectivity index (χ2v) is 6.31. The Morgan fingerprint density at radius 3 is 2.54 bits per heavy atom. The fourth-order valence-corrected chi connectivity index (χ4v) is 3.64. The number of nitriles is 1. The van der Waals surface area contributed by atoms with Crippen LogP contribution in [0.25, 0.3) is 11.0 Å². The molecule has 0 spiro atoms. The average Bonchev–Trinajstić information content (AvgIpc) is 2.92. The van der Waals surface area contributed by atoms with E-state index in [1.165, 1.54) is 11.6 Å². The van der Waals surface area contributed by atoms with Crippen LogP contribution < -0.4 is 21.9 Å². The predicted octanol–water partition coefficient (Wildman–Crippen LogP) is -0.142. The smallest absolute Gasteiger partial charge is 0.331 e. The second kappa shape index (κ2) is 5.83. The SMILES string of the molecule is CCn1c(N2CCC[C@H](N)C2)c(C#N)c2c1c(=O)n(C)c(=O)n2C. The summed E-state index contributed by atoms with van der Waals surface area (Å²) in [6.45, 7) is 3.89. The van der Waals surface area contributed by atoms with Crippen molar-refractivity contribution in [1.82, 2.24) is 13.7 Å². The van der Waals surface area contributed by atoms with Crippen LogP contribution in [0.1, 0.15) is 25.3 Å². The number of nitrogens with two attached hydrogens (primary N) is 1. The zero-order chi connectivity index (χ0) is 17.6. The third kappa shape index (κ3) is 2.16. The van der Waals surface area contributed by atoms with Gasteiger partial charge in [-0.25, -0.2) is 4.79 Å². The van der Waals surface area contributed by atoms with Gasteiger partial charge in [0, 0.05) is 39.8 Å². The Morgan fingerprint density at radius 1 is 1.25 bits per heavy atom. The molecule has 0 saturated carbocycles. The number of aromatic nitrogens is 3. The van der Waals surface area contributed by atoms with Gasteiger partial charge in [-0.1, -0.05) is 0 Å². The Kier molecular flexibility index (Phi) is 3.97. The molecule has 0 aliphatic carbocycles. The number of fused-ring (bicyclic) bond motifs is 1. The van der Waals surface area contributed by atoms with Crippen LogP contribution in [-0.4, -0.2) is 32.8 Å². The average molecular weight is 330 g/mol. The van der Waals surface area contributed by atoms with Crippen LogP contribution in [-0.2, 0) is 20.6 Å². The van der Waals surface area contributed by atoms with Crippen molar-refractivity contribution in [3.05, 3.63) is 26.4 Å². The zero-order valence-electron chi connectivity index (χ0n) is 14.2. The maximum atomic E-state index is 12.7. The second-order valence-electron chi connectivity index (χ2n) is 6.31. The number of anilines is 1. The summed E-state index contributed by atoms with van der Waals surface area (Å²) in [5.74, 6) is 0.698. The Hall–Kier alpha value is -2.53. The number of hydrogen-bond acceptors (Lipinski definition) is 5. The largest absolute Gasteiger partial charge is 0.355 e. The molecular weight excluding hydrogens is 308 g/mol. The first-order valence-corrected chi connectivity index (χ1v) is 8.15. The monoisotopic (exact) mass is 330 g/mol. The summed E-state index contributed by atoms with van der Waals surface area (Å²) < 4.78 is 4.31. The molecule has 24 heavy (non-hydrogen) atoms. The van der Waals surface area contributed by atoms with Crippen LogP contribution in [0.3, 0.4) is 0 Å². The Bertz CT molecular complexity index is 958. The van der Waals surface area contributed by atoms with Crippen LogP contribution in [0, 0.1) is 11.3 Å². The molecule has 0 amide bonds. The Balaban J connectivity index is 2.44. The third-order valence-electron chi connectivity index (χ3n) is 4.81. The molecule has 3 heterocycles. The molecule has 0 bridgehead atoms. The predicted molar refractivity (Wildman–Crippen MR) is 92.2 cm³/mol. The van der Waals surface area contributed by atoms with Crippen molar-refractivity contribution in [1.29, 1.82) is 5.26 Å². The fourth-order valence-electron chi connectivity index (χ4n) is 3.64. The lowest BCUT2D eigenvalue weighted by Crippen LogP contribution is -2.44. The van der Waals surface area contributed by atoms with E-state index in [9.17, 15) is 14.9 Å². The van der Waals surface area contributed by atoms with Gasteiger partial charge < -0.3 is 15.2 Å². The number of rotatable bonds is 2. The van der Waals surface area contributed by atoms with E-state index in [-0.39, 0.29) is 11.6 Å². The maximum Gasteiger partial charge on any atom is 0.331 e. The van der Waals surface area contributed by atoms with Crippen molar-refractivity contribution >= 4 is 16.9 Å². The van der Waals surface area contributed by atoms with Gasteiger partial charge in [0.15, 0.2) is 0 Å². The number of piperidine rings is 1. The molecular formula is C16H22N6O2. The lowest BCUT2D eigenvalue weighted by molar-refractivity contribution is 0.498. The first-order chi connectivity index (χ1) is 11.4.